The Hall–Kier alpha value is -2.63. The number of carbonyl (C=O) groups is 1. The molecule has 0 unspecified atom stereocenters. The first-order chi connectivity index (χ1) is 9.22. The molecule has 6 heteroatoms. The van der Waals surface area contributed by atoms with Crippen LogP contribution in [0.3, 0.4) is 0 Å². The Labute approximate surface area is 108 Å². The normalized spacial score (nSPS) is 10.8. The highest BCUT2D eigenvalue weighted by molar-refractivity contribution is 5.89. The van der Waals surface area contributed by atoms with Gasteiger partial charge in [0.2, 0.25) is 0 Å². The van der Waals surface area contributed by atoms with Gasteiger partial charge in [0.1, 0.15) is 12.1 Å². The van der Waals surface area contributed by atoms with Gasteiger partial charge in [-0.2, -0.15) is 0 Å². The molecule has 0 aliphatic heterocycles. The second-order valence-electron chi connectivity index (χ2n) is 3.69. The topological polar surface area (TPSA) is 84.7 Å². The quantitative estimate of drug-likeness (QED) is 0.661. The lowest BCUT2D eigenvalue weighted by atomic mass is 10.1. The van der Waals surface area contributed by atoms with E-state index in [4.69, 9.17) is 4.52 Å². The molecule has 2 rings (SSSR count). The van der Waals surface area contributed by atoms with Crippen LogP contribution >= 0.6 is 0 Å². The zero-order valence-corrected chi connectivity index (χ0v) is 10.3. The van der Waals surface area contributed by atoms with Crippen molar-refractivity contribution in [1.82, 2.24) is 5.16 Å². The van der Waals surface area contributed by atoms with E-state index in [-0.39, 0.29) is 12.1 Å². The number of rotatable bonds is 4. The Morgan fingerprint density at radius 1 is 1.42 bits per heavy atom. The molecule has 1 heterocycles. The number of nitrogens with zero attached hydrogens (tertiary/aromatic N) is 1. The molecule has 0 fully saturated rings. The predicted molar refractivity (Wildman–Crippen MR) is 69.2 cm³/mol. The fraction of sp³-hybridized carbons (Fsp3) is 0.154. The van der Waals surface area contributed by atoms with E-state index in [9.17, 15) is 9.59 Å². The third-order valence-electron chi connectivity index (χ3n) is 2.47. The van der Waals surface area contributed by atoms with E-state index in [0.717, 1.165) is 5.56 Å². The molecule has 1 N–H and O–H groups in total. The summed E-state index contributed by atoms with van der Waals surface area (Å²) >= 11 is 0. The second kappa shape index (κ2) is 5.81. The Kier molecular flexibility index (Phi) is 3.92. The van der Waals surface area contributed by atoms with Crippen molar-refractivity contribution in [2.24, 2.45) is 4.99 Å². The fourth-order valence-corrected chi connectivity index (χ4v) is 1.52. The minimum absolute atomic E-state index is 0.144. The van der Waals surface area contributed by atoms with Crippen LogP contribution in [0.2, 0.25) is 0 Å². The third-order valence-corrected chi connectivity index (χ3v) is 2.47. The molecular weight excluding hydrogens is 248 g/mol. The van der Waals surface area contributed by atoms with Gasteiger partial charge in [-0.3, -0.25) is 9.79 Å². The van der Waals surface area contributed by atoms with Crippen molar-refractivity contribution >= 4 is 12.2 Å². The highest BCUT2D eigenvalue weighted by atomic mass is 16.5. The zero-order chi connectivity index (χ0) is 13.7. The van der Waals surface area contributed by atoms with E-state index in [1.54, 1.807) is 0 Å². The highest BCUT2D eigenvalue weighted by Gasteiger charge is 2.11. The lowest BCUT2D eigenvalue weighted by molar-refractivity contribution is -0.138. The van der Waals surface area contributed by atoms with Crippen molar-refractivity contribution in [2.75, 3.05) is 13.7 Å². The van der Waals surface area contributed by atoms with Crippen molar-refractivity contribution in [3.8, 4) is 11.3 Å². The first-order valence-electron chi connectivity index (χ1n) is 5.56. The van der Waals surface area contributed by atoms with Crippen molar-refractivity contribution in [1.29, 1.82) is 0 Å². The molecule has 0 aliphatic rings. The minimum Gasteiger partial charge on any atom is -0.468 e. The van der Waals surface area contributed by atoms with Crippen LogP contribution in [0.25, 0.3) is 11.3 Å². The molecule has 0 aliphatic carbocycles. The summed E-state index contributed by atoms with van der Waals surface area (Å²) in [5.41, 5.74) is 1.06. The van der Waals surface area contributed by atoms with E-state index in [1.165, 1.54) is 13.3 Å². The number of methoxy groups -OCH3 is 1. The first-order valence-corrected chi connectivity index (χ1v) is 5.56. The average molecular weight is 260 g/mol. The van der Waals surface area contributed by atoms with Gasteiger partial charge in [-0.15, -0.1) is 0 Å². The van der Waals surface area contributed by atoms with Gasteiger partial charge in [0, 0.05) is 11.8 Å². The largest absolute Gasteiger partial charge is 0.468 e. The van der Waals surface area contributed by atoms with Crippen molar-refractivity contribution in [2.45, 2.75) is 0 Å². The van der Waals surface area contributed by atoms with Crippen LogP contribution < -0.4 is 5.63 Å². The predicted octanol–water partition coefficient (Wildman–Crippen LogP) is 1.23. The van der Waals surface area contributed by atoms with E-state index in [1.807, 2.05) is 30.3 Å². The smallest absolute Gasteiger partial charge is 0.366 e. The maximum atomic E-state index is 11.6. The first kappa shape index (κ1) is 12.8. The van der Waals surface area contributed by atoms with Crippen LogP contribution in [0.1, 0.15) is 5.56 Å². The number of aromatic nitrogens is 1. The number of carbonyl (C=O) groups excluding carboxylic acids is 1. The monoisotopic (exact) mass is 260 g/mol. The number of nitrogens with one attached hydrogen (secondary N) is 1. The van der Waals surface area contributed by atoms with Crippen LogP contribution in [0.15, 0.2) is 44.6 Å². The summed E-state index contributed by atoms with van der Waals surface area (Å²) in [6.45, 7) is -0.144. The number of H-pyrrole nitrogens is 1. The van der Waals surface area contributed by atoms with Crippen molar-refractivity contribution < 1.29 is 14.1 Å². The van der Waals surface area contributed by atoms with Crippen LogP contribution in [0.5, 0.6) is 0 Å². The molecule has 0 bridgehead atoms. The highest BCUT2D eigenvalue weighted by Crippen LogP contribution is 2.17. The second-order valence-corrected chi connectivity index (χ2v) is 3.69. The van der Waals surface area contributed by atoms with Crippen LogP contribution in [0, 0.1) is 0 Å². The summed E-state index contributed by atoms with van der Waals surface area (Å²) in [5.74, 6) is -0.475. The standard InChI is InChI=1S/C13H12N2O4/c1-18-11(16)8-14-7-10-12(15-19-13(10)17)9-5-3-2-4-6-9/h2-7,15H,8H2,1H3. The molecule has 0 saturated carbocycles. The zero-order valence-electron chi connectivity index (χ0n) is 10.3. The van der Waals surface area contributed by atoms with Crippen LogP contribution in [0.4, 0.5) is 0 Å². The minimum atomic E-state index is -0.535. The number of hydrogen-bond acceptors (Lipinski definition) is 5. The SMILES string of the molecule is COC(=O)CN=Cc1c(-c2ccccc2)[nH]oc1=O. The summed E-state index contributed by atoms with van der Waals surface area (Å²) in [6.07, 6.45) is 1.31. The molecule has 0 saturated heterocycles. The number of aromatic amines is 1. The summed E-state index contributed by atoms with van der Waals surface area (Å²) in [4.78, 5) is 26.3. The van der Waals surface area contributed by atoms with Gasteiger partial charge >= 0.3 is 11.6 Å². The molecule has 1 aromatic heterocycles. The Morgan fingerprint density at radius 3 is 2.84 bits per heavy atom. The van der Waals surface area contributed by atoms with Crippen molar-refractivity contribution in [3.63, 3.8) is 0 Å². The Morgan fingerprint density at radius 2 is 2.16 bits per heavy atom. The number of hydrogen-bond donors (Lipinski definition) is 1. The molecular formula is C13H12N2O4. The fourth-order valence-electron chi connectivity index (χ4n) is 1.52. The number of esters is 1. The van der Waals surface area contributed by atoms with Gasteiger partial charge < -0.3 is 9.26 Å². The van der Waals surface area contributed by atoms with E-state index >= 15 is 0 Å². The van der Waals surface area contributed by atoms with Gasteiger partial charge in [-0.05, 0) is 0 Å². The molecule has 1 aromatic carbocycles. The number of benzene rings is 1. The van der Waals surface area contributed by atoms with E-state index in [2.05, 4.69) is 14.9 Å². The molecule has 6 nitrogen and oxygen atoms in total. The molecule has 2 aromatic rings. The average Bonchev–Trinajstić information content (AvgIpc) is 2.81. The molecule has 0 amide bonds. The molecule has 19 heavy (non-hydrogen) atoms. The summed E-state index contributed by atoms with van der Waals surface area (Å²) in [7, 11) is 1.28. The van der Waals surface area contributed by atoms with Crippen LogP contribution in [-0.2, 0) is 9.53 Å². The van der Waals surface area contributed by atoms with Gasteiger partial charge in [0.15, 0.2) is 0 Å². The number of ether oxygens (including phenoxy) is 1. The van der Waals surface area contributed by atoms with E-state index < -0.39 is 11.6 Å². The summed E-state index contributed by atoms with van der Waals surface area (Å²) in [5, 5.41) is 2.55. The third kappa shape index (κ3) is 2.98. The lowest BCUT2D eigenvalue weighted by Gasteiger charge is -1.97. The summed E-state index contributed by atoms with van der Waals surface area (Å²) < 4.78 is 9.20. The molecule has 0 spiro atoms. The number of aliphatic imine (C=N–C) groups is 1. The molecule has 0 radical (unpaired) electrons. The van der Waals surface area contributed by atoms with Gasteiger partial charge in [-0.25, -0.2) is 9.95 Å². The Bertz CT molecular complexity index is 640. The van der Waals surface area contributed by atoms with Crippen LogP contribution in [-0.4, -0.2) is 31.0 Å². The van der Waals surface area contributed by atoms with Gasteiger partial charge in [0.05, 0.1) is 12.8 Å². The van der Waals surface area contributed by atoms with Crippen molar-refractivity contribution in [3.05, 3.63) is 46.3 Å². The van der Waals surface area contributed by atoms with E-state index in [0.29, 0.717) is 5.69 Å². The Balaban J connectivity index is 2.29. The molecule has 98 valence electrons. The molecule has 0 atom stereocenters. The lowest BCUT2D eigenvalue weighted by Crippen LogP contribution is -2.06. The van der Waals surface area contributed by atoms with Gasteiger partial charge in [-0.1, -0.05) is 30.3 Å². The van der Waals surface area contributed by atoms with Gasteiger partial charge in [0.25, 0.3) is 0 Å². The maximum absolute atomic E-state index is 11.6. The summed E-state index contributed by atoms with van der Waals surface area (Å²) in [6, 6.07) is 9.22. The maximum Gasteiger partial charge on any atom is 0.366 e.